The van der Waals surface area contributed by atoms with E-state index in [1.54, 1.807) is 0 Å². The second-order valence-corrected chi connectivity index (χ2v) is 14.2. The van der Waals surface area contributed by atoms with Crippen LogP contribution in [0.4, 0.5) is 0 Å². The minimum atomic E-state index is -0.00935. The zero-order valence-corrected chi connectivity index (χ0v) is 30.4. The molecule has 9 nitrogen and oxygen atoms in total. The SMILES string of the molecule is N=C1N=C(N)c2nc3c4[nH]c(c3nc21)[C+](c1ccccc1)c1ccc([nH]1)[C+](c1ccccc1)c1ccc([nH]1)[C+](c1ccccc1)c1ccc([nH]1)[C+]4c1ccccc1. The van der Waals surface area contributed by atoms with E-state index in [-0.39, 0.29) is 11.7 Å². The fourth-order valence-electron chi connectivity index (χ4n) is 8.22. The number of nitrogens with one attached hydrogen (secondary N) is 5. The van der Waals surface area contributed by atoms with Gasteiger partial charge >= 0.3 is 0 Å². The number of aliphatic imine (C=N–C) groups is 1. The maximum absolute atomic E-state index is 8.69. The first-order chi connectivity index (χ1) is 28.1. The van der Waals surface area contributed by atoms with Gasteiger partial charge in [-0.3, -0.25) is 5.41 Å². The van der Waals surface area contributed by atoms with Crippen LogP contribution in [-0.2, 0) is 0 Å². The molecule has 0 fully saturated rings. The smallest absolute Gasteiger partial charge is 0.205 e. The van der Waals surface area contributed by atoms with Gasteiger partial charge in [-0.15, -0.1) is 0 Å². The van der Waals surface area contributed by atoms with Crippen molar-refractivity contribution in [3.8, 4) is 0 Å². The number of fused-ring (bicyclic) bond motifs is 12. The third-order valence-electron chi connectivity index (χ3n) is 10.7. The summed E-state index contributed by atoms with van der Waals surface area (Å²) >= 11 is 0. The van der Waals surface area contributed by atoms with E-state index in [4.69, 9.17) is 21.1 Å². The molecule has 11 rings (SSSR count). The second-order valence-electron chi connectivity index (χ2n) is 14.2. The molecule has 0 saturated carbocycles. The highest BCUT2D eigenvalue weighted by Gasteiger charge is 2.42. The van der Waals surface area contributed by atoms with Gasteiger partial charge in [-0.2, -0.15) is 9.97 Å². The molecular formula is C48H33N9+4. The number of aromatic amines is 4. The zero-order valence-electron chi connectivity index (χ0n) is 30.4. The first-order valence-corrected chi connectivity index (χ1v) is 18.8. The maximum Gasteiger partial charge on any atom is 0.205 e. The number of H-pyrrole nitrogens is 4. The van der Waals surface area contributed by atoms with Crippen molar-refractivity contribution in [2.45, 2.75) is 0 Å². The Bertz CT molecular complexity index is 2950. The summed E-state index contributed by atoms with van der Waals surface area (Å²) in [5, 5.41) is 8.69. The van der Waals surface area contributed by atoms with Crippen LogP contribution in [0.15, 0.2) is 163 Å². The number of nitrogens with two attached hydrogens (primary N) is 1. The van der Waals surface area contributed by atoms with Crippen LogP contribution < -0.4 is 5.73 Å². The van der Waals surface area contributed by atoms with E-state index in [1.165, 1.54) is 0 Å². The van der Waals surface area contributed by atoms with Gasteiger partial charge in [0.05, 0.1) is 58.7 Å². The molecule has 0 amide bonds. The van der Waals surface area contributed by atoms with Crippen LogP contribution in [0, 0.1) is 29.1 Å². The molecular weight excluding hydrogens is 703 g/mol. The minimum Gasteiger partial charge on any atom is -0.382 e. The van der Waals surface area contributed by atoms with E-state index in [2.05, 4.69) is 134 Å². The topological polar surface area (TPSA) is 151 Å². The lowest BCUT2D eigenvalue weighted by atomic mass is 9.91. The molecule has 4 aromatic carbocycles. The highest BCUT2D eigenvalue weighted by molar-refractivity contribution is 6.19. The van der Waals surface area contributed by atoms with Crippen molar-refractivity contribution >= 4 is 22.7 Å². The summed E-state index contributed by atoms with van der Waals surface area (Å²) in [5.41, 5.74) is 19.6. The minimum absolute atomic E-state index is 0.00935. The normalized spacial score (nSPS) is 13.7. The standard InChI is InChI=1S/C48H33N9/c49-47-45-46(48(50)57-47)56-44-42-40(30-19-11-4-12-20-30)36-26-24-34(53-36)38(28-15-7-2-8-16-28)32-22-21-31(51-32)37(27-13-5-1-6-14-27)33-23-25-35(52-33)39(29-17-9-3-10-18-29)41(54-42)43(44)55-45/h1-26,51-54H,(H3,49,50,57)/q+4. The van der Waals surface area contributed by atoms with Crippen LogP contribution in [0.1, 0.15) is 79.2 Å². The first-order valence-electron chi connectivity index (χ1n) is 18.8. The van der Waals surface area contributed by atoms with Crippen molar-refractivity contribution in [2.24, 2.45) is 10.7 Å². The average molecular weight is 736 g/mol. The quantitative estimate of drug-likeness (QED) is 0.101. The van der Waals surface area contributed by atoms with Crippen molar-refractivity contribution in [2.75, 3.05) is 0 Å². The van der Waals surface area contributed by atoms with Crippen LogP contribution in [0.2, 0.25) is 0 Å². The Morgan fingerprint density at radius 1 is 0.386 bits per heavy atom. The summed E-state index contributed by atoms with van der Waals surface area (Å²) in [6, 6.07) is 54.3. The van der Waals surface area contributed by atoms with Gasteiger partial charge in [-0.05, 0) is 72.8 Å². The van der Waals surface area contributed by atoms with E-state index in [0.717, 1.165) is 91.5 Å². The summed E-state index contributed by atoms with van der Waals surface area (Å²) in [4.78, 5) is 30.0. The molecule has 2 aliphatic rings. The largest absolute Gasteiger partial charge is 0.382 e. The molecule has 57 heavy (non-hydrogen) atoms. The van der Waals surface area contributed by atoms with Gasteiger partial charge in [0, 0.05) is 48.5 Å². The van der Waals surface area contributed by atoms with Crippen molar-refractivity contribution < 1.29 is 0 Å². The Kier molecular flexibility index (Phi) is 7.27. The van der Waals surface area contributed by atoms with Crippen LogP contribution in [0.25, 0.3) is 11.0 Å². The van der Waals surface area contributed by atoms with E-state index < -0.39 is 0 Å². The fourth-order valence-corrected chi connectivity index (χ4v) is 8.22. The Labute approximate surface area is 328 Å². The summed E-state index contributed by atoms with van der Waals surface area (Å²) in [6.45, 7) is 0. The van der Waals surface area contributed by atoms with Gasteiger partial charge < -0.3 is 25.7 Å². The molecule has 8 bridgehead atoms. The molecule has 0 radical (unpaired) electrons. The lowest BCUT2D eigenvalue weighted by Crippen LogP contribution is -2.14. The number of hydrogen-bond donors (Lipinski definition) is 6. The molecule has 0 aliphatic carbocycles. The number of rotatable bonds is 4. The maximum atomic E-state index is 8.69. The molecule has 7 heterocycles. The Hall–Kier alpha value is -8.04. The molecule has 0 unspecified atom stereocenters. The van der Waals surface area contributed by atoms with Gasteiger partial charge in [-0.25, -0.2) is 4.99 Å². The lowest BCUT2D eigenvalue weighted by molar-refractivity contribution is 1.01. The van der Waals surface area contributed by atoms with Crippen molar-refractivity contribution in [3.63, 3.8) is 0 Å². The van der Waals surface area contributed by atoms with Crippen molar-refractivity contribution in [1.82, 2.24) is 29.9 Å². The Morgan fingerprint density at radius 2 is 0.702 bits per heavy atom. The third-order valence-corrected chi connectivity index (χ3v) is 10.7. The summed E-state index contributed by atoms with van der Waals surface area (Å²) in [6.07, 6.45) is 0. The number of benzene rings is 4. The van der Waals surface area contributed by atoms with E-state index in [0.29, 0.717) is 22.4 Å². The van der Waals surface area contributed by atoms with E-state index in [1.807, 2.05) is 48.5 Å². The number of aromatic nitrogens is 6. The van der Waals surface area contributed by atoms with Crippen molar-refractivity contribution in [1.29, 1.82) is 5.41 Å². The predicted molar refractivity (Wildman–Crippen MR) is 222 cm³/mol. The Balaban J connectivity index is 1.24. The molecule has 0 saturated heterocycles. The highest BCUT2D eigenvalue weighted by Crippen LogP contribution is 2.43. The van der Waals surface area contributed by atoms with Crippen LogP contribution in [0.5, 0.6) is 0 Å². The highest BCUT2D eigenvalue weighted by atomic mass is 15.0. The number of amidine groups is 2. The van der Waals surface area contributed by atoms with Gasteiger partial charge in [-0.1, -0.05) is 0 Å². The second kappa shape index (κ2) is 12.8. The van der Waals surface area contributed by atoms with Crippen molar-refractivity contribution in [3.05, 3.63) is 261 Å². The number of hydrogen-bond acceptors (Lipinski definition) is 4. The van der Waals surface area contributed by atoms with Crippen LogP contribution in [0.3, 0.4) is 0 Å². The average Bonchev–Trinajstić information content (AvgIpc) is 4.11. The zero-order chi connectivity index (χ0) is 38.0. The lowest BCUT2D eigenvalue weighted by Gasteiger charge is -2.13. The molecule has 9 aromatic rings. The molecule has 2 aliphatic heterocycles. The summed E-state index contributed by atoms with van der Waals surface area (Å²) in [7, 11) is 0. The predicted octanol–water partition coefficient (Wildman–Crippen LogP) is 8.38. The summed E-state index contributed by atoms with van der Waals surface area (Å²) in [5.74, 6) is 4.03. The van der Waals surface area contributed by atoms with Gasteiger partial charge in [0.2, 0.25) is 11.0 Å². The van der Waals surface area contributed by atoms with Crippen LogP contribution >= 0.6 is 0 Å². The van der Waals surface area contributed by atoms with Gasteiger partial charge in [0.25, 0.3) is 0 Å². The van der Waals surface area contributed by atoms with Crippen LogP contribution in [-0.4, -0.2) is 41.6 Å². The number of nitrogens with zero attached hydrogens (tertiary/aromatic N) is 3. The molecule has 0 atom stereocenters. The van der Waals surface area contributed by atoms with Gasteiger partial charge in [0.15, 0.2) is 23.1 Å². The summed E-state index contributed by atoms with van der Waals surface area (Å²) < 4.78 is 0. The first kappa shape index (κ1) is 32.4. The molecule has 9 heteroatoms. The molecule has 0 spiro atoms. The fraction of sp³-hybridized carbons (Fsp3) is 0. The monoisotopic (exact) mass is 735 g/mol. The molecule has 7 N–H and O–H groups in total. The molecule has 5 aromatic heterocycles. The van der Waals surface area contributed by atoms with E-state index >= 15 is 0 Å². The Morgan fingerprint density at radius 3 is 1.07 bits per heavy atom. The van der Waals surface area contributed by atoms with E-state index in [9.17, 15) is 0 Å². The molecule has 266 valence electrons. The van der Waals surface area contributed by atoms with Gasteiger partial charge in [0.1, 0.15) is 69.2 Å². The third kappa shape index (κ3) is 5.25.